The van der Waals surface area contributed by atoms with E-state index in [1.807, 2.05) is 0 Å². The molecule has 4 heterocycles. The van der Waals surface area contributed by atoms with Crippen LogP contribution in [-0.4, -0.2) is 44.2 Å². The number of benzene rings is 1. The van der Waals surface area contributed by atoms with Gasteiger partial charge in [0.05, 0.1) is 11.3 Å². The Morgan fingerprint density at radius 3 is 2.70 bits per heavy atom. The van der Waals surface area contributed by atoms with Crippen LogP contribution in [0.15, 0.2) is 41.9 Å². The van der Waals surface area contributed by atoms with Gasteiger partial charge in [-0.05, 0) is 30.2 Å². The van der Waals surface area contributed by atoms with Crippen molar-refractivity contribution in [3.63, 3.8) is 0 Å². The van der Waals surface area contributed by atoms with E-state index < -0.39 is 23.3 Å². The summed E-state index contributed by atoms with van der Waals surface area (Å²) in [6, 6.07) is 6.98. The highest BCUT2D eigenvalue weighted by Gasteiger charge is 2.37. The molecule has 4 aromatic rings. The minimum Gasteiger partial charge on any atom is -0.337 e. The Bertz CT molecular complexity index is 1530. The number of nitrogens with zero attached hydrogens (tertiary/aromatic N) is 4. The summed E-state index contributed by atoms with van der Waals surface area (Å²) >= 11 is 7.48. The molecule has 1 atom stereocenters. The fourth-order valence-corrected chi connectivity index (χ4v) is 5.36. The number of nitrogens with one attached hydrogen (secondary N) is 1. The molecule has 7 nitrogen and oxygen atoms in total. The van der Waals surface area contributed by atoms with Gasteiger partial charge in [-0.3, -0.25) is 14.0 Å². The highest BCUT2D eigenvalue weighted by Crippen LogP contribution is 2.38. The first kappa shape index (κ1) is 25.2. The second kappa shape index (κ2) is 9.42. The molecule has 0 spiro atoms. The maximum atomic E-state index is 14.0. The van der Waals surface area contributed by atoms with Crippen LogP contribution < -0.4 is 5.32 Å². The number of halogens is 5. The average Bonchev–Trinajstić information content (AvgIpc) is 3.57. The summed E-state index contributed by atoms with van der Waals surface area (Å²) in [5, 5.41) is 3.95. The van der Waals surface area contributed by atoms with Gasteiger partial charge in [-0.2, -0.15) is 13.2 Å². The van der Waals surface area contributed by atoms with E-state index >= 15 is 0 Å². The maximum Gasteiger partial charge on any atom is 0.420 e. The third-order valence-corrected chi connectivity index (χ3v) is 7.17. The van der Waals surface area contributed by atoms with Gasteiger partial charge in [0.25, 0.3) is 5.91 Å². The Labute approximate surface area is 216 Å². The van der Waals surface area contributed by atoms with Crippen LogP contribution in [0.25, 0.3) is 16.9 Å². The van der Waals surface area contributed by atoms with Gasteiger partial charge in [-0.15, -0.1) is 11.3 Å². The third-order valence-electron chi connectivity index (χ3n) is 6.05. The summed E-state index contributed by atoms with van der Waals surface area (Å²) in [5.41, 5.74) is -0.889. The summed E-state index contributed by atoms with van der Waals surface area (Å²) in [4.78, 5) is 34.2. The molecule has 192 valence electrons. The number of pyridine rings is 1. The number of aromatic nitrogens is 3. The van der Waals surface area contributed by atoms with Gasteiger partial charge < -0.3 is 10.2 Å². The van der Waals surface area contributed by atoms with Crippen molar-refractivity contribution in [2.24, 2.45) is 0 Å². The first-order valence-corrected chi connectivity index (χ1v) is 12.3. The number of likely N-dealkylation sites (tertiary alicyclic amines) is 1. The zero-order chi connectivity index (χ0) is 26.5. The van der Waals surface area contributed by atoms with Crippen LogP contribution in [0.2, 0.25) is 5.15 Å². The van der Waals surface area contributed by atoms with Crippen LogP contribution in [0, 0.1) is 5.82 Å². The second-order valence-electron chi connectivity index (χ2n) is 8.60. The number of alkyl halides is 3. The minimum absolute atomic E-state index is 0.0818. The highest BCUT2D eigenvalue weighted by atomic mass is 35.5. The minimum atomic E-state index is -4.79. The molecule has 1 saturated heterocycles. The van der Waals surface area contributed by atoms with Gasteiger partial charge in [0.2, 0.25) is 5.91 Å². The molecule has 1 aliphatic rings. The fourth-order valence-electron chi connectivity index (χ4n) is 4.34. The summed E-state index contributed by atoms with van der Waals surface area (Å²) in [6.07, 6.45) is -2.90. The van der Waals surface area contributed by atoms with Crippen molar-refractivity contribution in [3.8, 4) is 11.3 Å². The van der Waals surface area contributed by atoms with Crippen LogP contribution in [-0.2, 0) is 11.0 Å². The van der Waals surface area contributed by atoms with Gasteiger partial charge in [0.1, 0.15) is 11.0 Å². The number of fused-ring (bicyclic) bond motifs is 1. The van der Waals surface area contributed by atoms with Crippen LogP contribution in [0.1, 0.15) is 40.9 Å². The number of hydrogen-bond acceptors (Lipinski definition) is 5. The Hall–Kier alpha value is -3.51. The molecule has 3 aromatic heterocycles. The van der Waals surface area contributed by atoms with E-state index in [4.69, 9.17) is 11.6 Å². The molecule has 2 amide bonds. The Morgan fingerprint density at radius 1 is 1.22 bits per heavy atom. The maximum absolute atomic E-state index is 14.0. The summed E-state index contributed by atoms with van der Waals surface area (Å²) in [6.45, 7) is 1.88. The number of imidazole rings is 1. The molecular weight excluding hydrogens is 534 g/mol. The van der Waals surface area contributed by atoms with Gasteiger partial charge in [-0.25, -0.2) is 14.4 Å². The predicted octanol–water partition coefficient (Wildman–Crippen LogP) is 5.86. The van der Waals surface area contributed by atoms with Crippen LogP contribution in [0.5, 0.6) is 0 Å². The Balaban J connectivity index is 1.51. The van der Waals surface area contributed by atoms with E-state index in [-0.39, 0.29) is 51.4 Å². The SMILES string of the molecule is CC(=O)Nc1nc(-c2cc(C(F)(F)F)c3nc(C(=O)N4CCC(c5cccc(F)c5)C4)c(Cl)n3c2)cs1. The number of carbonyl (C=O) groups is 2. The lowest BCUT2D eigenvalue weighted by atomic mass is 9.98. The highest BCUT2D eigenvalue weighted by molar-refractivity contribution is 7.14. The van der Waals surface area contributed by atoms with Crippen molar-refractivity contribution in [3.05, 3.63) is 69.7 Å². The molecule has 37 heavy (non-hydrogen) atoms. The standard InChI is InChI=1S/C24H18ClF4N5O2S/c1-12(35)30-23-31-18(11-37-23)15-8-17(24(27,28)29)21-32-19(20(25)34(21)10-15)22(36)33-6-5-14(9-33)13-3-2-4-16(26)7-13/h2-4,7-8,10-11,14H,5-6,9H2,1H3,(H,30,31,35). The molecule has 0 bridgehead atoms. The number of anilines is 1. The van der Waals surface area contributed by atoms with E-state index in [9.17, 15) is 27.2 Å². The van der Waals surface area contributed by atoms with Crippen molar-refractivity contribution in [1.29, 1.82) is 0 Å². The number of amides is 2. The Kier molecular flexibility index (Phi) is 6.40. The van der Waals surface area contributed by atoms with E-state index in [0.717, 1.165) is 27.4 Å². The van der Waals surface area contributed by atoms with Gasteiger partial charge in [0.15, 0.2) is 16.5 Å². The normalized spacial score (nSPS) is 15.9. The largest absolute Gasteiger partial charge is 0.420 e. The van der Waals surface area contributed by atoms with E-state index in [1.54, 1.807) is 12.1 Å². The molecular formula is C24H18ClF4N5O2S. The molecule has 0 aliphatic carbocycles. The zero-order valence-corrected chi connectivity index (χ0v) is 20.7. The van der Waals surface area contributed by atoms with Crippen LogP contribution in [0.3, 0.4) is 0 Å². The number of rotatable bonds is 4. The first-order chi connectivity index (χ1) is 17.5. The summed E-state index contributed by atoms with van der Waals surface area (Å²) < 4.78 is 56.7. The van der Waals surface area contributed by atoms with Crippen LogP contribution in [0.4, 0.5) is 22.7 Å². The summed E-state index contributed by atoms with van der Waals surface area (Å²) in [5.74, 6) is -1.47. The van der Waals surface area contributed by atoms with Gasteiger partial charge in [0, 0.05) is 43.1 Å². The monoisotopic (exact) mass is 551 g/mol. The third kappa shape index (κ3) is 4.90. The lowest BCUT2D eigenvalue weighted by Crippen LogP contribution is -2.29. The van der Waals surface area contributed by atoms with Gasteiger partial charge in [-0.1, -0.05) is 23.7 Å². The summed E-state index contributed by atoms with van der Waals surface area (Å²) in [7, 11) is 0. The Morgan fingerprint density at radius 2 is 2.00 bits per heavy atom. The van der Waals surface area contributed by atoms with Crippen LogP contribution >= 0.6 is 22.9 Å². The lowest BCUT2D eigenvalue weighted by Gasteiger charge is -2.15. The van der Waals surface area contributed by atoms with Crippen molar-refractivity contribution in [1.82, 2.24) is 19.3 Å². The van der Waals surface area contributed by atoms with E-state index in [1.165, 1.54) is 35.5 Å². The molecule has 1 aliphatic heterocycles. The number of thiazole rings is 1. The quantitative estimate of drug-likeness (QED) is 0.322. The number of hydrogen-bond donors (Lipinski definition) is 1. The zero-order valence-electron chi connectivity index (χ0n) is 19.1. The molecule has 1 aromatic carbocycles. The smallest absolute Gasteiger partial charge is 0.337 e. The lowest BCUT2D eigenvalue weighted by molar-refractivity contribution is -0.136. The molecule has 1 fully saturated rings. The average molecular weight is 552 g/mol. The van der Waals surface area contributed by atoms with Gasteiger partial charge >= 0.3 is 6.18 Å². The molecule has 5 rings (SSSR count). The van der Waals surface area contributed by atoms with E-state index in [2.05, 4.69) is 15.3 Å². The predicted molar refractivity (Wildman–Crippen MR) is 130 cm³/mol. The van der Waals surface area contributed by atoms with Crippen molar-refractivity contribution >= 4 is 45.5 Å². The molecule has 1 N–H and O–H groups in total. The van der Waals surface area contributed by atoms with Crippen molar-refractivity contribution in [2.75, 3.05) is 18.4 Å². The van der Waals surface area contributed by atoms with Crippen molar-refractivity contribution in [2.45, 2.75) is 25.4 Å². The van der Waals surface area contributed by atoms with Crippen molar-refractivity contribution < 1.29 is 27.2 Å². The fraction of sp³-hybridized carbons (Fsp3) is 0.250. The molecule has 13 heteroatoms. The molecule has 0 saturated carbocycles. The van der Waals surface area contributed by atoms with E-state index in [0.29, 0.717) is 13.0 Å². The molecule has 1 unspecified atom stereocenters. The number of carbonyl (C=O) groups excluding carboxylic acids is 2. The second-order valence-corrected chi connectivity index (χ2v) is 9.81. The molecule has 0 radical (unpaired) electrons. The topological polar surface area (TPSA) is 79.6 Å². The first-order valence-electron chi connectivity index (χ1n) is 11.1.